The van der Waals surface area contributed by atoms with E-state index in [0.717, 1.165) is 18.4 Å². The molecule has 0 radical (unpaired) electrons. The zero-order valence-electron chi connectivity index (χ0n) is 12.9. The third-order valence-electron chi connectivity index (χ3n) is 3.66. The lowest BCUT2D eigenvalue weighted by Gasteiger charge is -2.08. The molecule has 1 aliphatic rings. The lowest BCUT2D eigenvalue weighted by atomic mass is 10.2. The van der Waals surface area contributed by atoms with E-state index >= 15 is 0 Å². The number of halogens is 3. The third-order valence-corrected chi connectivity index (χ3v) is 4.53. The molecule has 132 valence electrons. The number of alkyl halides is 3. The van der Waals surface area contributed by atoms with Gasteiger partial charge in [0.05, 0.1) is 5.51 Å². The highest BCUT2D eigenvalue weighted by molar-refractivity contribution is 7.10. The average molecular weight is 369 g/mol. The number of nitrogens with one attached hydrogen (secondary N) is 2. The summed E-state index contributed by atoms with van der Waals surface area (Å²) < 4.78 is 38.3. The number of benzene rings is 1. The lowest BCUT2D eigenvalue weighted by molar-refractivity contribution is -0.134. The molecule has 1 aromatic heterocycles. The number of aromatic nitrogens is 1. The Morgan fingerprint density at radius 1 is 1.20 bits per heavy atom. The first-order valence-corrected chi connectivity index (χ1v) is 8.41. The van der Waals surface area contributed by atoms with Crippen LogP contribution in [0.5, 0.6) is 0 Å². The Morgan fingerprint density at radius 2 is 1.88 bits per heavy atom. The maximum Gasteiger partial charge on any atom is 0.427 e. The van der Waals surface area contributed by atoms with Crippen LogP contribution in [-0.4, -0.2) is 16.8 Å². The highest BCUT2D eigenvalue weighted by atomic mass is 32.1. The van der Waals surface area contributed by atoms with Gasteiger partial charge in [0.1, 0.15) is 4.88 Å². The van der Waals surface area contributed by atoms with Crippen LogP contribution in [0.2, 0.25) is 0 Å². The number of hydrogen-bond acceptors (Lipinski definition) is 4. The van der Waals surface area contributed by atoms with E-state index in [1.807, 2.05) is 0 Å². The summed E-state index contributed by atoms with van der Waals surface area (Å²) in [6.45, 7) is 0.0600. The standard InChI is InChI=1S/C16H14F3N3O2S/c17-16(18,19)13-12(21-8-25-13)15(24)20-7-9-1-5-11(6-2-9)22-14(23)10-3-4-10/h1-2,5-6,8,10H,3-4,7H2,(H,20,24)(H,22,23). The predicted octanol–water partition coefficient (Wildman–Crippen LogP) is 3.44. The van der Waals surface area contributed by atoms with Crippen molar-refractivity contribution in [2.24, 2.45) is 5.92 Å². The van der Waals surface area contributed by atoms with Gasteiger partial charge in [0, 0.05) is 18.2 Å². The Labute approximate surface area is 145 Å². The van der Waals surface area contributed by atoms with E-state index in [1.165, 1.54) is 0 Å². The van der Waals surface area contributed by atoms with Crippen LogP contribution in [0, 0.1) is 5.92 Å². The van der Waals surface area contributed by atoms with Gasteiger partial charge in [-0.25, -0.2) is 4.98 Å². The quantitative estimate of drug-likeness (QED) is 0.848. The van der Waals surface area contributed by atoms with E-state index < -0.39 is 22.7 Å². The highest BCUT2D eigenvalue weighted by Gasteiger charge is 2.38. The van der Waals surface area contributed by atoms with Gasteiger partial charge >= 0.3 is 6.18 Å². The summed E-state index contributed by atoms with van der Waals surface area (Å²) in [5.41, 5.74) is 1.72. The SMILES string of the molecule is O=C(NCc1ccc(NC(=O)C2CC2)cc1)c1ncsc1C(F)(F)F. The minimum Gasteiger partial charge on any atom is -0.347 e. The zero-order valence-corrected chi connectivity index (χ0v) is 13.7. The molecule has 2 N–H and O–H groups in total. The Kier molecular flexibility index (Phi) is 4.76. The van der Waals surface area contributed by atoms with Crippen LogP contribution in [0.15, 0.2) is 29.8 Å². The van der Waals surface area contributed by atoms with Crippen molar-refractivity contribution in [1.82, 2.24) is 10.3 Å². The van der Waals surface area contributed by atoms with Gasteiger partial charge in [0.2, 0.25) is 5.91 Å². The van der Waals surface area contributed by atoms with Crippen LogP contribution >= 0.6 is 11.3 Å². The topological polar surface area (TPSA) is 71.1 Å². The Morgan fingerprint density at radius 3 is 2.48 bits per heavy atom. The number of nitrogens with zero attached hydrogens (tertiary/aromatic N) is 1. The Hall–Kier alpha value is -2.42. The van der Waals surface area contributed by atoms with Crippen molar-refractivity contribution in [3.05, 3.63) is 45.9 Å². The largest absolute Gasteiger partial charge is 0.427 e. The van der Waals surface area contributed by atoms with Crippen LogP contribution in [0.4, 0.5) is 18.9 Å². The fraction of sp³-hybridized carbons (Fsp3) is 0.312. The van der Waals surface area contributed by atoms with E-state index in [4.69, 9.17) is 0 Å². The molecule has 0 saturated heterocycles. The van der Waals surface area contributed by atoms with Gasteiger partial charge in [-0.15, -0.1) is 11.3 Å². The van der Waals surface area contributed by atoms with Crippen molar-refractivity contribution in [2.45, 2.75) is 25.6 Å². The van der Waals surface area contributed by atoms with Crippen molar-refractivity contribution >= 4 is 28.8 Å². The molecule has 0 spiro atoms. The smallest absolute Gasteiger partial charge is 0.347 e. The third kappa shape index (κ3) is 4.36. The maximum absolute atomic E-state index is 12.8. The molecule has 0 atom stereocenters. The van der Waals surface area contributed by atoms with Crippen LogP contribution in [0.3, 0.4) is 0 Å². The molecule has 5 nitrogen and oxygen atoms in total. The fourth-order valence-corrected chi connectivity index (χ4v) is 2.83. The molecule has 2 aromatic rings. The molecule has 3 rings (SSSR count). The molecule has 1 heterocycles. The molecule has 1 aliphatic carbocycles. The highest BCUT2D eigenvalue weighted by Crippen LogP contribution is 2.34. The van der Waals surface area contributed by atoms with Gasteiger partial charge in [0.15, 0.2) is 5.69 Å². The average Bonchev–Trinajstić information content (AvgIpc) is 3.29. The van der Waals surface area contributed by atoms with E-state index in [0.29, 0.717) is 22.6 Å². The van der Waals surface area contributed by atoms with Crippen LogP contribution in [-0.2, 0) is 17.5 Å². The van der Waals surface area contributed by atoms with Crippen molar-refractivity contribution in [2.75, 3.05) is 5.32 Å². The molecular formula is C16H14F3N3O2S. The molecule has 0 unspecified atom stereocenters. The van der Waals surface area contributed by atoms with Gasteiger partial charge in [-0.2, -0.15) is 13.2 Å². The molecule has 1 aromatic carbocycles. The minimum atomic E-state index is -4.60. The summed E-state index contributed by atoms with van der Waals surface area (Å²) >= 11 is 0.384. The second-order valence-electron chi connectivity index (χ2n) is 5.67. The van der Waals surface area contributed by atoms with Gasteiger partial charge in [-0.05, 0) is 30.5 Å². The van der Waals surface area contributed by atoms with Gasteiger partial charge in [0.25, 0.3) is 5.91 Å². The van der Waals surface area contributed by atoms with E-state index in [9.17, 15) is 22.8 Å². The predicted molar refractivity (Wildman–Crippen MR) is 86.1 cm³/mol. The number of amides is 2. The summed E-state index contributed by atoms with van der Waals surface area (Å²) in [4.78, 5) is 26.1. The number of hydrogen-bond donors (Lipinski definition) is 2. The van der Waals surface area contributed by atoms with Crippen LogP contribution < -0.4 is 10.6 Å². The lowest BCUT2D eigenvalue weighted by Crippen LogP contribution is -2.25. The molecule has 1 saturated carbocycles. The van der Waals surface area contributed by atoms with Crippen LogP contribution in [0.25, 0.3) is 0 Å². The van der Waals surface area contributed by atoms with E-state index in [2.05, 4.69) is 15.6 Å². The molecule has 9 heteroatoms. The van der Waals surface area contributed by atoms with Gasteiger partial charge < -0.3 is 10.6 Å². The first-order valence-electron chi connectivity index (χ1n) is 7.53. The number of carbonyl (C=O) groups is 2. The summed E-state index contributed by atoms with van der Waals surface area (Å²) in [5.74, 6) is -0.788. The summed E-state index contributed by atoms with van der Waals surface area (Å²) in [7, 11) is 0. The molecule has 0 aliphatic heterocycles. The molecule has 2 amide bonds. The monoisotopic (exact) mass is 369 g/mol. The van der Waals surface area contributed by atoms with Crippen molar-refractivity contribution in [3.8, 4) is 0 Å². The van der Waals surface area contributed by atoms with Gasteiger partial charge in [-0.3, -0.25) is 9.59 Å². The number of anilines is 1. The first-order chi connectivity index (χ1) is 11.8. The summed E-state index contributed by atoms with van der Waals surface area (Å²) in [5, 5.41) is 5.20. The van der Waals surface area contributed by atoms with Crippen molar-refractivity contribution in [3.63, 3.8) is 0 Å². The molecule has 25 heavy (non-hydrogen) atoms. The summed E-state index contributed by atoms with van der Waals surface area (Å²) in [6, 6.07) is 6.75. The summed E-state index contributed by atoms with van der Waals surface area (Å²) in [6.07, 6.45) is -2.78. The maximum atomic E-state index is 12.8. The number of carbonyl (C=O) groups excluding carboxylic acids is 2. The first kappa shape index (κ1) is 17.4. The normalized spacial score (nSPS) is 14.2. The zero-order chi connectivity index (χ0) is 18.0. The van der Waals surface area contributed by atoms with E-state index in [-0.39, 0.29) is 18.4 Å². The minimum absolute atomic E-state index is 0.00994. The molecule has 0 bridgehead atoms. The second-order valence-corrected chi connectivity index (χ2v) is 6.53. The molecule has 1 fully saturated rings. The number of thiazole rings is 1. The molecular weight excluding hydrogens is 355 g/mol. The fourth-order valence-electron chi connectivity index (χ4n) is 2.17. The van der Waals surface area contributed by atoms with Crippen LogP contribution in [0.1, 0.15) is 33.8 Å². The Balaban J connectivity index is 1.57. The van der Waals surface area contributed by atoms with Gasteiger partial charge in [-0.1, -0.05) is 12.1 Å². The Bertz CT molecular complexity index is 783. The van der Waals surface area contributed by atoms with Crippen molar-refractivity contribution in [1.29, 1.82) is 0 Å². The van der Waals surface area contributed by atoms with E-state index in [1.54, 1.807) is 24.3 Å². The number of rotatable bonds is 5. The van der Waals surface area contributed by atoms with Crippen molar-refractivity contribution < 1.29 is 22.8 Å². The second kappa shape index (κ2) is 6.83.